The molecular formula is C23H28ClN3O2. The van der Waals surface area contributed by atoms with Crippen molar-refractivity contribution in [2.75, 3.05) is 26.7 Å². The minimum atomic E-state index is -0.0321. The summed E-state index contributed by atoms with van der Waals surface area (Å²) >= 11 is 6.49. The van der Waals surface area contributed by atoms with Gasteiger partial charge in [0.1, 0.15) is 11.4 Å². The topological polar surface area (TPSA) is 45.7 Å². The fourth-order valence-corrected chi connectivity index (χ4v) is 4.41. The molecule has 0 bridgehead atoms. The molecule has 0 atom stereocenters. The predicted molar refractivity (Wildman–Crippen MR) is 114 cm³/mol. The molecular weight excluding hydrogens is 386 g/mol. The van der Waals surface area contributed by atoms with Crippen molar-refractivity contribution in [3.8, 4) is 5.75 Å². The maximum Gasteiger partial charge on any atom is 0.272 e. The lowest BCUT2D eigenvalue weighted by Crippen LogP contribution is -2.42. The van der Waals surface area contributed by atoms with Crippen LogP contribution in [0.3, 0.4) is 0 Å². The molecule has 0 radical (unpaired) electrons. The number of aromatic nitrogens is 1. The van der Waals surface area contributed by atoms with Gasteiger partial charge in [-0.2, -0.15) is 0 Å². The largest absolute Gasteiger partial charge is 0.490 e. The van der Waals surface area contributed by atoms with Crippen LogP contribution in [0.25, 0.3) is 0 Å². The highest BCUT2D eigenvalue weighted by Gasteiger charge is 2.32. The van der Waals surface area contributed by atoms with Crippen molar-refractivity contribution in [2.24, 2.45) is 5.92 Å². The third-order valence-corrected chi connectivity index (χ3v) is 6.23. The van der Waals surface area contributed by atoms with Crippen molar-refractivity contribution in [1.82, 2.24) is 14.8 Å². The normalized spacial score (nSPS) is 21.6. The van der Waals surface area contributed by atoms with E-state index in [0.717, 1.165) is 49.8 Å². The molecule has 2 heterocycles. The molecule has 1 saturated carbocycles. The summed E-state index contributed by atoms with van der Waals surface area (Å²) in [7, 11) is 1.84. The van der Waals surface area contributed by atoms with Crippen molar-refractivity contribution in [3.05, 3.63) is 58.9 Å². The predicted octanol–water partition coefficient (Wildman–Crippen LogP) is 4.26. The zero-order chi connectivity index (χ0) is 20.2. The molecule has 2 fully saturated rings. The van der Waals surface area contributed by atoms with Gasteiger partial charge in [-0.3, -0.25) is 14.7 Å². The molecule has 0 unspecified atom stereocenters. The fourth-order valence-electron chi connectivity index (χ4n) is 4.18. The van der Waals surface area contributed by atoms with Crippen molar-refractivity contribution in [3.63, 3.8) is 0 Å². The highest BCUT2D eigenvalue weighted by Crippen LogP contribution is 2.33. The highest BCUT2D eigenvalue weighted by molar-refractivity contribution is 6.31. The number of carbonyl (C=O) groups excluding carboxylic acids is 1. The van der Waals surface area contributed by atoms with E-state index in [1.165, 1.54) is 18.4 Å². The van der Waals surface area contributed by atoms with Gasteiger partial charge in [-0.1, -0.05) is 23.7 Å². The van der Waals surface area contributed by atoms with Crippen molar-refractivity contribution >= 4 is 17.5 Å². The van der Waals surface area contributed by atoms with E-state index in [-0.39, 0.29) is 12.0 Å². The van der Waals surface area contributed by atoms with Crippen LogP contribution in [-0.2, 0) is 6.54 Å². The number of benzene rings is 1. The van der Waals surface area contributed by atoms with E-state index >= 15 is 0 Å². The van der Waals surface area contributed by atoms with E-state index in [1.807, 2.05) is 31.3 Å². The first kappa shape index (κ1) is 20.2. The Hall–Kier alpha value is -2.11. The molecule has 4 rings (SSSR count). The number of carbonyl (C=O) groups is 1. The van der Waals surface area contributed by atoms with Gasteiger partial charge in [0.2, 0.25) is 0 Å². The first-order chi connectivity index (χ1) is 14.1. The summed E-state index contributed by atoms with van der Waals surface area (Å²) in [5, 5.41) is 0.783. The Labute approximate surface area is 177 Å². The Balaban J connectivity index is 1.23. The van der Waals surface area contributed by atoms with Gasteiger partial charge in [0.25, 0.3) is 5.91 Å². The standard InChI is InChI=1S/C23H28ClN3O2/c1-26(23(28)22-6-2-3-9-25-22)15-17-12-20(13-17)29-19-8-7-18(21(24)14-19)16-27-10-4-5-11-27/h2-3,6-9,14,17,20H,4-5,10-13,15-16H2,1H3. The molecule has 2 aliphatic rings. The van der Waals surface area contributed by atoms with Gasteiger partial charge in [0, 0.05) is 31.4 Å². The van der Waals surface area contributed by atoms with Crippen LogP contribution >= 0.6 is 11.6 Å². The van der Waals surface area contributed by atoms with Crippen LogP contribution in [0.4, 0.5) is 0 Å². The molecule has 1 aliphatic heterocycles. The first-order valence-electron chi connectivity index (χ1n) is 10.4. The molecule has 1 amide bonds. The number of hydrogen-bond acceptors (Lipinski definition) is 4. The minimum Gasteiger partial charge on any atom is -0.490 e. The summed E-state index contributed by atoms with van der Waals surface area (Å²) in [5.74, 6) is 1.26. The summed E-state index contributed by atoms with van der Waals surface area (Å²) < 4.78 is 6.10. The molecule has 1 saturated heterocycles. The Kier molecular flexibility index (Phi) is 6.36. The lowest BCUT2D eigenvalue weighted by Gasteiger charge is -2.37. The molecule has 29 heavy (non-hydrogen) atoms. The number of nitrogens with zero attached hydrogens (tertiary/aromatic N) is 3. The number of hydrogen-bond donors (Lipinski definition) is 0. The first-order valence-corrected chi connectivity index (χ1v) is 10.8. The van der Waals surface area contributed by atoms with Crippen LogP contribution in [0.1, 0.15) is 41.7 Å². The second-order valence-electron chi connectivity index (χ2n) is 8.21. The van der Waals surface area contributed by atoms with E-state index < -0.39 is 0 Å². The summed E-state index contributed by atoms with van der Waals surface area (Å²) in [4.78, 5) is 20.7. The number of amides is 1. The van der Waals surface area contributed by atoms with Crippen LogP contribution in [0.2, 0.25) is 5.02 Å². The van der Waals surface area contributed by atoms with Crippen LogP contribution < -0.4 is 4.74 Å². The van der Waals surface area contributed by atoms with Crippen molar-refractivity contribution in [1.29, 1.82) is 0 Å². The third-order valence-electron chi connectivity index (χ3n) is 5.88. The zero-order valence-corrected chi connectivity index (χ0v) is 17.6. The van der Waals surface area contributed by atoms with Gasteiger partial charge in [0.05, 0.1) is 6.10 Å². The Bertz CT molecular complexity index is 833. The van der Waals surface area contributed by atoms with E-state index in [2.05, 4.69) is 16.0 Å². The van der Waals surface area contributed by atoms with Gasteiger partial charge in [-0.15, -0.1) is 0 Å². The average Bonchev–Trinajstić information content (AvgIpc) is 3.21. The zero-order valence-electron chi connectivity index (χ0n) is 16.9. The van der Waals surface area contributed by atoms with Gasteiger partial charge < -0.3 is 9.64 Å². The molecule has 1 aromatic heterocycles. The van der Waals surface area contributed by atoms with E-state index in [0.29, 0.717) is 11.6 Å². The fraction of sp³-hybridized carbons (Fsp3) is 0.478. The van der Waals surface area contributed by atoms with Crippen LogP contribution in [0.15, 0.2) is 42.6 Å². The minimum absolute atomic E-state index is 0.0321. The van der Waals surface area contributed by atoms with Gasteiger partial charge in [0.15, 0.2) is 0 Å². The maximum absolute atomic E-state index is 12.4. The van der Waals surface area contributed by atoms with Gasteiger partial charge >= 0.3 is 0 Å². The molecule has 1 aliphatic carbocycles. The average molecular weight is 414 g/mol. The van der Waals surface area contributed by atoms with Crippen LogP contribution in [-0.4, -0.2) is 53.5 Å². The smallest absolute Gasteiger partial charge is 0.272 e. The monoisotopic (exact) mass is 413 g/mol. The Morgan fingerprint density at radius 1 is 1.24 bits per heavy atom. The van der Waals surface area contributed by atoms with Crippen molar-refractivity contribution < 1.29 is 9.53 Å². The van der Waals surface area contributed by atoms with E-state index in [4.69, 9.17) is 16.3 Å². The number of likely N-dealkylation sites (tertiary alicyclic amines) is 1. The number of pyridine rings is 1. The van der Waals surface area contributed by atoms with E-state index in [1.54, 1.807) is 17.2 Å². The molecule has 6 heteroatoms. The lowest BCUT2D eigenvalue weighted by atomic mass is 9.82. The Morgan fingerprint density at radius 3 is 2.72 bits per heavy atom. The Morgan fingerprint density at radius 2 is 2.03 bits per heavy atom. The second kappa shape index (κ2) is 9.14. The second-order valence-corrected chi connectivity index (χ2v) is 8.62. The molecule has 0 spiro atoms. The number of rotatable bonds is 7. The summed E-state index contributed by atoms with van der Waals surface area (Å²) in [6, 6.07) is 11.5. The quantitative estimate of drug-likeness (QED) is 0.680. The maximum atomic E-state index is 12.4. The van der Waals surface area contributed by atoms with Crippen molar-refractivity contribution in [2.45, 2.75) is 38.3 Å². The number of halogens is 1. The van der Waals surface area contributed by atoms with Crippen LogP contribution in [0, 0.1) is 5.92 Å². The van der Waals surface area contributed by atoms with Crippen LogP contribution in [0.5, 0.6) is 5.75 Å². The molecule has 5 nitrogen and oxygen atoms in total. The molecule has 2 aromatic rings. The lowest BCUT2D eigenvalue weighted by molar-refractivity contribution is 0.0417. The van der Waals surface area contributed by atoms with E-state index in [9.17, 15) is 4.79 Å². The SMILES string of the molecule is CN(CC1CC(Oc2ccc(CN3CCCC3)c(Cl)c2)C1)C(=O)c1ccccn1. The molecule has 0 N–H and O–H groups in total. The molecule has 1 aromatic carbocycles. The summed E-state index contributed by atoms with van der Waals surface area (Å²) in [6.45, 7) is 3.97. The summed E-state index contributed by atoms with van der Waals surface area (Å²) in [6.07, 6.45) is 6.31. The summed E-state index contributed by atoms with van der Waals surface area (Å²) in [5.41, 5.74) is 1.66. The molecule has 154 valence electrons. The van der Waals surface area contributed by atoms with Gasteiger partial charge in [-0.25, -0.2) is 0 Å². The number of ether oxygens (including phenoxy) is 1. The third kappa shape index (κ3) is 5.09. The highest BCUT2D eigenvalue weighted by atomic mass is 35.5. The van der Waals surface area contributed by atoms with Gasteiger partial charge in [-0.05, 0) is 74.5 Å².